The smallest absolute Gasteiger partial charge is 0.328 e. The van der Waals surface area contributed by atoms with Gasteiger partial charge in [0.15, 0.2) is 0 Å². The number of amides is 3. The maximum absolute atomic E-state index is 12.2. The first-order valence-electron chi connectivity index (χ1n) is 6.22. The van der Waals surface area contributed by atoms with Gasteiger partial charge in [0, 0.05) is 11.0 Å². The van der Waals surface area contributed by atoms with Crippen LogP contribution in [-0.2, 0) is 9.59 Å². The van der Waals surface area contributed by atoms with E-state index in [9.17, 15) is 14.4 Å². The van der Waals surface area contributed by atoms with Crippen molar-refractivity contribution in [2.45, 2.75) is 13.0 Å². The molecule has 1 aliphatic rings. The van der Waals surface area contributed by atoms with Crippen LogP contribution in [0.25, 0.3) is 0 Å². The van der Waals surface area contributed by atoms with Crippen LogP contribution in [0.15, 0.2) is 22.7 Å². The number of carbonyl (C=O) groups excluding carboxylic acids is 2. The van der Waals surface area contributed by atoms with Gasteiger partial charge in [-0.15, -0.1) is 0 Å². The summed E-state index contributed by atoms with van der Waals surface area (Å²) in [6.07, 6.45) is 0. The van der Waals surface area contributed by atoms with E-state index >= 15 is 0 Å². The lowest BCUT2D eigenvalue weighted by molar-refractivity contribution is -0.144. The number of piperazine rings is 1. The van der Waals surface area contributed by atoms with Gasteiger partial charge in [0.25, 0.3) is 0 Å². The third kappa shape index (κ3) is 3.33. The van der Waals surface area contributed by atoms with Gasteiger partial charge in [-0.1, -0.05) is 12.1 Å². The van der Waals surface area contributed by atoms with Gasteiger partial charge in [0.1, 0.15) is 12.6 Å². The first-order chi connectivity index (χ1) is 9.90. The van der Waals surface area contributed by atoms with Crippen LogP contribution in [0.4, 0.5) is 10.5 Å². The SMILES string of the molecule is Cc1cccc(NC(=O)N2CC(=O)NCC2C(=O)O)c1Br. The summed E-state index contributed by atoms with van der Waals surface area (Å²) in [7, 11) is 0. The van der Waals surface area contributed by atoms with Crippen LogP contribution in [0, 0.1) is 6.92 Å². The number of urea groups is 1. The number of aryl methyl sites for hydroxylation is 1. The number of nitrogens with one attached hydrogen (secondary N) is 2. The first-order valence-corrected chi connectivity index (χ1v) is 7.01. The Balaban J connectivity index is 2.19. The Morgan fingerprint density at radius 1 is 1.48 bits per heavy atom. The number of aliphatic carboxylic acids is 1. The van der Waals surface area contributed by atoms with E-state index in [1.807, 2.05) is 13.0 Å². The highest BCUT2D eigenvalue weighted by Gasteiger charge is 2.35. The summed E-state index contributed by atoms with van der Waals surface area (Å²) in [6.45, 7) is 1.48. The molecule has 3 N–H and O–H groups in total. The minimum Gasteiger partial charge on any atom is -0.480 e. The van der Waals surface area contributed by atoms with Crippen molar-refractivity contribution < 1.29 is 19.5 Å². The molecule has 0 aliphatic carbocycles. The van der Waals surface area contributed by atoms with Gasteiger partial charge in [-0.25, -0.2) is 9.59 Å². The molecular formula is C13H14BrN3O4. The standard InChI is InChI=1S/C13H14BrN3O4/c1-7-3-2-4-8(11(7)14)16-13(21)17-6-10(18)15-5-9(17)12(19)20/h2-4,9H,5-6H2,1H3,(H,15,18)(H,16,21)(H,19,20). The van der Waals surface area contributed by atoms with E-state index in [0.29, 0.717) is 10.2 Å². The van der Waals surface area contributed by atoms with Crippen LogP contribution >= 0.6 is 15.9 Å². The van der Waals surface area contributed by atoms with Crippen LogP contribution < -0.4 is 10.6 Å². The highest BCUT2D eigenvalue weighted by atomic mass is 79.9. The van der Waals surface area contributed by atoms with Crippen molar-refractivity contribution in [2.75, 3.05) is 18.4 Å². The second kappa shape index (κ2) is 6.13. The molecule has 0 aromatic heterocycles. The van der Waals surface area contributed by atoms with Gasteiger partial charge in [0.05, 0.1) is 5.69 Å². The van der Waals surface area contributed by atoms with Gasteiger partial charge in [-0.2, -0.15) is 0 Å². The molecule has 112 valence electrons. The van der Waals surface area contributed by atoms with Gasteiger partial charge < -0.3 is 15.7 Å². The summed E-state index contributed by atoms with van der Waals surface area (Å²) in [5.41, 5.74) is 1.45. The Morgan fingerprint density at radius 2 is 2.19 bits per heavy atom. The van der Waals surface area contributed by atoms with Gasteiger partial charge in [0.2, 0.25) is 5.91 Å². The molecule has 1 atom stereocenters. The zero-order valence-electron chi connectivity index (χ0n) is 11.2. The topological polar surface area (TPSA) is 98.7 Å². The van der Waals surface area contributed by atoms with Gasteiger partial charge in [-0.05, 0) is 34.5 Å². The normalized spacial score (nSPS) is 18.1. The number of anilines is 1. The first kappa shape index (κ1) is 15.3. The van der Waals surface area contributed by atoms with Crippen LogP contribution in [0.2, 0.25) is 0 Å². The van der Waals surface area contributed by atoms with Crippen molar-refractivity contribution in [2.24, 2.45) is 0 Å². The van der Waals surface area contributed by atoms with E-state index in [2.05, 4.69) is 26.6 Å². The largest absolute Gasteiger partial charge is 0.480 e. The van der Waals surface area contributed by atoms with Crippen LogP contribution in [0.1, 0.15) is 5.56 Å². The average molecular weight is 356 g/mol. The third-order valence-corrected chi connectivity index (χ3v) is 4.21. The van der Waals surface area contributed by atoms with Gasteiger partial charge in [-0.3, -0.25) is 9.69 Å². The van der Waals surface area contributed by atoms with Crippen molar-refractivity contribution in [3.8, 4) is 0 Å². The summed E-state index contributed by atoms with van der Waals surface area (Å²) >= 11 is 3.36. The molecular weight excluding hydrogens is 342 g/mol. The monoisotopic (exact) mass is 355 g/mol. The molecule has 2 rings (SSSR count). The molecule has 1 unspecified atom stereocenters. The number of carboxylic acid groups (broad SMARTS) is 1. The van der Waals surface area contributed by atoms with E-state index in [-0.39, 0.29) is 19.0 Å². The summed E-state index contributed by atoms with van der Waals surface area (Å²) in [5, 5.41) is 14.2. The lowest BCUT2D eigenvalue weighted by atomic mass is 10.2. The maximum Gasteiger partial charge on any atom is 0.328 e. The molecule has 7 nitrogen and oxygen atoms in total. The number of hydrogen-bond donors (Lipinski definition) is 3. The Labute approximate surface area is 129 Å². The second-order valence-corrected chi connectivity index (χ2v) is 5.45. The molecule has 3 amide bonds. The van der Waals surface area contributed by atoms with Gasteiger partial charge >= 0.3 is 12.0 Å². The Morgan fingerprint density at radius 3 is 2.86 bits per heavy atom. The van der Waals surface area contributed by atoms with Crippen molar-refractivity contribution in [3.63, 3.8) is 0 Å². The van der Waals surface area contributed by atoms with E-state index < -0.39 is 18.0 Å². The Bertz CT molecular complexity index is 605. The van der Waals surface area contributed by atoms with Crippen LogP contribution in [-0.4, -0.2) is 47.0 Å². The molecule has 1 aliphatic heterocycles. The average Bonchev–Trinajstić information content (AvgIpc) is 2.43. The number of hydrogen-bond acceptors (Lipinski definition) is 3. The number of rotatable bonds is 2. The molecule has 1 heterocycles. The summed E-state index contributed by atoms with van der Waals surface area (Å²) in [6, 6.07) is 3.63. The van der Waals surface area contributed by atoms with E-state index in [1.165, 1.54) is 0 Å². The van der Waals surface area contributed by atoms with Crippen molar-refractivity contribution in [3.05, 3.63) is 28.2 Å². The number of carboxylic acids is 1. The molecule has 1 aromatic rings. The predicted molar refractivity (Wildman–Crippen MR) is 79.0 cm³/mol. The number of benzene rings is 1. The number of carbonyl (C=O) groups is 3. The maximum atomic E-state index is 12.2. The van der Waals surface area contributed by atoms with Crippen molar-refractivity contribution in [1.82, 2.24) is 10.2 Å². The fourth-order valence-corrected chi connectivity index (χ4v) is 2.37. The number of halogens is 1. The highest BCUT2D eigenvalue weighted by Crippen LogP contribution is 2.26. The molecule has 0 bridgehead atoms. The quantitative estimate of drug-likeness (QED) is 0.741. The molecule has 8 heteroatoms. The fourth-order valence-electron chi connectivity index (χ4n) is 2.01. The molecule has 21 heavy (non-hydrogen) atoms. The third-order valence-electron chi connectivity index (χ3n) is 3.16. The highest BCUT2D eigenvalue weighted by molar-refractivity contribution is 9.10. The Hall–Kier alpha value is -2.09. The van der Waals surface area contributed by atoms with E-state index in [4.69, 9.17) is 5.11 Å². The van der Waals surface area contributed by atoms with E-state index in [1.54, 1.807) is 12.1 Å². The second-order valence-electron chi connectivity index (χ2n) is 4.65. The lowest BCUT2D eigenvalue weighted by Crippen LogP contribution is -2.60. The number of nitrogens with zero attached hydrogens (tertiary/aromatic N) is 1. The van der Waals surface area contributed by atoms with Crippen molar-refractivity contribution >= 4 is 39.5 Å². The molecule has 0 spiro atoms. The van der Waals surface area contributed by atoms with Crippen LogP contribution in [0.3, 0.4) is 0 Å². The molecule has 1 saturated heterocycles. The molecule has 0 radical (unpaired) electrons. The zero-order valence-corrected chi connectivity index (χ0v) is 12.8. The predicted octanol–water partition coefficient (Wildman–Crippen LogP) is 1.17. The molecule has 1 aromatic carbocycles. The summed E-state index contributed by atoms with van der Waals surface area (Å²) in [4.78, 5) is 35.8. The fraction of sp³-hybridized carbons (Fsp3) is 0.308. The lowest BCUT2D eigenvalue weighted by Gasteiger charge is -2.32. The summed E-state index contributed by atoms with van der Waals surface area (Å²) in [5.74, 6) is -1.54. The van der Waals surface area contributed by atoms with Crippen molar-refractivity contribution in [1.29, 1.82) is 0 Å². The minimum absolute atomic E-state index is 0.101. The minimum atomic E-state index is -1.16. The van der Waals surface area contributed by atoms with E-state index in [0.717, 1.165) is 10.5 Å². The molecule has 0 saturated carbocycles. The summed E-state index contributed by atoms with van der Waals surface area (Å²) < 4.78 is 0.715. The van der Waals surface area contributed by atoms with Crippen LogP contribution in [0.5, 0.6) is 0 Å². The Kier molecular flexibility index (Phi) is 4.46. The zero-order chi connectivity index (χ0) is 15.6. The molecule has 1 fully saturated rings.